The van der Waals surface area contributed by atoms with Crippen molar-refractivity contribution in [3.63, 3.8) is 0 Å². The Hall–Kier alpha value is -1.42. The molecule has 1 aromatic rings. The highest BCUT2D eigenvalue weighted by Crippen LogP contribution is 2.16. The first kappa shape index (κ1) is 13.6. The Morgan fingerprint density at radius 1 is 1.35 bits per heavy atom. The van der Waals surface area contributed by atoms with Gasteiger partial charge in [-0.25, -0.2) is 4.39 Å². The number of carbonyl (C=O) groups is 1. The van der Waals surface area contributed by atoms with Gasteiger partial charge in [0.1, 0.15) is 5.82 Å². The van der Waals surface area contributed by atoms with Crippen molar-refractivity contribution in [2.24, 2.45) is 5.73 Å². The molecule has 0 fully saturated rings. The van der Waals surface area contributed by atoms with Gasteiger partial charge in [0.05, 0.1) is 0 Å². The Morgan fingerprint density at radius 3 is 2.53 bits per heavy atom. The maximum Gasteiger partial charge on any atom is 0.226 e. The molecule has 0 aromatic heterocycles. The lowest BCUT2D eigenvalue weighted by atomic mass is 10.2. The normalized spacial score (nSPS) is 10.3. The molecule has 0 spiro atoms. The van der Waals surface area contributed by atoms with Crippen LogP contribution in [0.5, 0.6) is 0 Å². The topological polar surface area (TPSA) is 46.3 Å². The van der Waals surface area contributed by atoms with Gasteiger partial charge in [-0.05, 0) is 43.7 Å². The van der Waals surface area contributed by atoms with Gasteiger partial charge in [-0.2, -0.15) is 0 Å². The summed E-state index contributed by atoms with van der Waals surface area (Å²) in [6.45, 7) is 3.09. The summed E-state index contributed by atoms with van der Waals surface area (Å²) < 4.78 is 12.8. The number of rotatable bonds is 6. The second-order valence-corrected chi connectivity index (χ2v) is 3.91. The van der Waals surface area contributed by atoms with Crippen molar-refractivity contribution in [2.45, 2.75) is 26.2 Å². The van der Waals surface area contributed by atoms with E-state index >= 15 is 0 Å². The van der Waals surface area contributed by atoms with Gasteiger partial charge in [0.2, 0.25) is 5.91 Å². The summed E-state index contributed by atoms with van der Waals surface area (Å²) in [4.78, 5) is 13.6. The first-order valence-corrected chi connectivity index (χ1v) is 5.95. The van der Waals surface area contributed by atoms with Crippen LogP contribution in [0.4, 0.5) is 10.1 Å². The zero-order valence-corrected chi connectivity index (χ0v) is 10.2. The van der Waals surface area contributed by atoms with E-state index in [-0.39, 0.29) is 11.7 Å². The van der Waals surface area contributed by atoms with Gasteiger partial charge in [-0.15, -0.1) is 0 Å². The Labute approximate surface area is 101 Å². The zero-order valence-electron chi connectivity index (χ0n) is 10.2. The Kier molecular flexibility index (Phi) is 5.63. The van der Waals surface area contributed by atoms with E-state index in [4.69, 9.17) is 5.73 Å². The maximum atomic E-state index is 12.8. The highest BCUT2D eigenvalue weighted by Gasteiger charge is 2.13. The first-order chi connectivity index (χ1) is 8.19. The largest absolute Gasteiger partial charge is 0.330 e. The van der Waals surface area contributed by atoms with Gasteiger partial charge in [-0.1, -0.05) is 6.92 Å². The van der Waals surface area contributed by atoms with E-state index in [1.807, 2.05) is 6.92 Å². The van der Waals surface area contributed by atoms with E-state index in [1.165, 1.54) is 12.1 Å². The van der Waals surface area contributed by atoms with Crippen molar-refractivity contribution in [1.82, 2.24) is 0 Å². The molecule has 3 nitrogen and oxygen atoms in total. The van der Waals surface area contributed by atoms with Crippen molar-refractivity contribution < 1.29 is 9.18 Å². The summed E-state index contributed by atoms with van der Waals surface area (Å²) in [5.74, 6) is -0.233. The fourth-order valence-electron chi connectivity index (χ4n) is 1.62. The van der Waals surface area contributed by atoms with E-state index in [0.29, 0.717) is 19.5 Å². The van der Waals surface area contributed by atoms with Gasteiger partial charge >= 0.3 is 0 Å². The monoisotopic (exact) mass is 238 g/mol. The minimum Gasteiger partial charge on any atom is -0.330 e. The minimum absolute atomic E-state index is 0.0626. The Balaban J connectivity index is 2.81. The molecule has 4 heteroatoms. The van der Waals surface area contributed by atoms with Gasteiger partial charge in [0, 0.05) is 18.7 Å². The Morgan fingerprint density at radius 2 is 2.00 bits per heavy atom. The predicted molar refractivity (Wildman–Crippen MR) is 67.3 cm³/mol. The van der Waals surface area contributed by atoms with Crippen molar-refractivity contribution >= 4 is 11.6 Å². The van der Waals surface area contributed by atoms with Crippen LogP contribution >= 0.6 is 0 Å². The van der Waals surface area contributed by atoms with Crippen LogP contribution in [0.1, 0.15) is 26.2 Å². The lowest BCUT2D eigenvalue weighted by Crippen LogP contribution is -2.32. The molecule has 0 radical (unpaired) electrons. The summed E-state index contributed by atoms with van der Waals surface area (Å²) in [5, 5.41) is 0. The molecular weight excluding hydrogens is 219 g/mol. The smallest absolute Gasteiger partial charge is 0.226 e. The molecule has 0 aliphatic heterocycles. The maximum absolute atomic E-state index is 12.8. The lowest BCUT2D eigenvalue weighted by Gasteiger charge is -2.22. The highest BCUT2D eigenvalue weighted by molar-refractivity contribution is 5.93. The summed E-state index contributed by atoms with van der Waals surface area (Å²) in [6.07, 6.45) is 2.05. The summed E-state index contributed by atoms with van der Waals surface area (Å²) >= 11 is 0. The van der Waals surface area contributed by atoms with Crippen LogP contribution in [0.2, 0.25) is 0 Å². The minimum atomic E-state index is -0.296. The van der Waals surface area contributed by atoms with Crippen LogP contribution in [0, 0.1) is 5.82 Å². The van der Waals surface area contributed by atoms with Crippen molar-refractivity contribution in [1.29, 1.82) is 0 Å². The van der Waals surface area contributed by atoms with Crippen molar-refractivity contribution in [2.75, 3.05) is 18.0 Å². The third-order valence-electron chi connectivity index (χ3n) is 2.49. The fraction of sp³-hybridized carbons (Fsp3) is 0.462. The molecule has 1 amide bonds. The van der Waals surface area contributed by atoms with Crippen LogP contribution in [-0.4, -0.2) is 19.0 Å². The summed E-state index contributed by atoms with van der Waals surface area (Å²) in [7, 11) is 0. The van der Waals surface area contributed by atoms with Crippen LogP contribution in [0.3, 0.4) is 0 Å². The second-order valence-electron chi connectivity index (χ2n) is 3.91. The van der Waals surface area contributed by atoms with E-state index in [2.05, 4.69) is 0 Å². The molecule has 2 N–H and O–H groups in total. The molecule has 1 aromatic carbocycles. The van der Waals surface area contributed by atoms with E-state index in [0.717, 1.165) is 18.5 Å². The van der Waals surface area contributed by atoms with Gasteiger partial charge in [0.15, 0.2) is 0 Å². The van der Waals surface area contributed by atoms with Crippen LogP contribution < -0.4 is 10.6 Å². The Bertz CT molecular complexity index is 351. The average Bonchev–Trinajstić information content (AvgIpc) is 2.32. The number of nitrogens with zero attached hydrogens (tertiary/aromatic N) is 1. The van der Waals surface area contributed by atoms with Gasteiger partial charge in [-0.3, -0.25) is 4.79 Å². The number of hydrogen-bond donors (Lipinski definition) is 1. The number of benzene rings is 1. The van der Waals surface area contributed by atoms with Crippen LogP contribution in [0.25, 0.3) is 0 Å². The molecule has 17 heavy (non-hydrogen) atoms. The summed E-state index contributed by atoms with van der Waals surface area (Å²) in [5.41, 5.74) is 6.19. The molecule has 0 saturated carbocycles. The van der Waals surface area contributed by atoms with Crippen LogP contribution in [-0.2, 0) is 4.79 Å². The molecule has 0 heterocycles. The first-order valence-electron chi connectivity index (χ1n) is 5.95. The van der Waals surface area contributed by atoms with E-state index < -0.39 is 0 Å². The number of hydrogen-bond acceptors (Lipinski definition) is 2. The molecule has 0 atom stereocenters. The molecule has 0 unspecified atom stereocenters. The number of nitrogens with two attached hydrogens (primary N) is 1. The molecule has 1 rings (SSSR count). The standard InChI is InChI=1S/C13H19FN2O/c1-2-4-13(17)16(10-3-9-15)12-7-5-11(14)6-8-12/h5-8H,2-4,9-10,15H2,1H3. The molecular formula is C13H19FN2O. The number of halogens is 1. The molecule has 0 saturated heterocycles. The third-order valence-corrected chi connectivity index (χ3v) is 2.49. The number of amides is 1. The van der Waals surface area contributed by atoms with E-state index in [1.54, 1.807) is 17.0 Å². The van der Waals surface area contributed by atoms with E-state index in [9.17, 15) is 9.18 Å². The van der Waals surface area contributed by atoms with Crippen LogP contribution in [0.15, 0.2) is 24.3 Å². The van der Waals surface area contributed by atoms with Gasteiger partial charge < -0.3 is 10.6 Å². The lowest BCUT2D eigenvalue weighted by molar-refractivity contribution is -0.118. The van der Waals surface area contributed by atoms with Crippen molar-refractivity contribution in [3.8, 4) is 0 Å². The highest BCUT2D eigenvalue weighted by atomic mass is 19.1. The summed E-state index contributed by atoms with van der Waals surface area (Å²) in [6, 6.07) is 5.98. The predicted octanol–water partition coefficient (Wildman–Crippen LogP) is 2.31. The molecule has 94 valence electrons. The second kappa shape index (κ2) is 7.01. The van der Waals surface area contributed by atoms with Crippen molar-refractivity contribution in [3.05, 3.63) is 30.1 Å². The number of carbonyl (C=O) groups excluding carboxylic acids is 1. The molecule has 0 aliphatic carbocycles. The molecule has 0 aliphatic rings. The third kappa shape index (κ3) is 4.15. The number of anilines is 1. The SMILES string of the molecule is CCCC(=O)N(CCCN)c1ccc(F)cc1. The fourth-order valence-corrected chi connectivity index (χ4v) is 1.62. The molecule has 0 bridgehead atoms. The average molecular weight is 238 g/mol. The van der Waals surface area contributed by atoms with Gasteiger partial charge in [0.25, 0.3) is 0 Å². The zero-order chi connectivity index (χ0) is 12.7. The quantitative estimate of drug-likeness (QED) is 0.826.